The Labute approximate surface area is 103 Å². The maximum atomic E-state index is 11.5. The molecule has 2 aromatic rings. The summed E-state index contributed by atoms with van der Waals surface area (Å²) < 4.78 is 0. The van der Waals surface area contributed by atoms with E-state index in [1.165, 1.54) is 6.33 Å². The Bertz CT molecular complexity index is 609. The second-order valence-electron chi connectivity index (χ2n) is 3.49. The number of carbonyl (C=O) groups excluding carboxylic acids is 1. The van der Waals surface area contributed by atoms with Crippen LogP contribution in [0.3, 0.4) is 0 Å². The van der Waals surface area contributed by atoms with Gasteiger partial charge in [-0.25, -0.2) is 4.98 Å². The summed E-state index contributed by atoms with van der Waals surface area (Å²) in [6.07, 6.45) is 1.69. The largest absolute Gasteiger partial charge is 0.326 e. The lowest BCUT2D eigenvalue weighted by Crippen LogP contribution is -2.12. The first-order valence-electron chi connectivity index (χ1n) is 5.09. The molecule has 0 aliphatic heterocycles. The van der Waals surface area contributed by atoms with Gasteiger partial charge in [0.1, 0.15) is 0 Å². The molecule has 6 heteroatoms. The molecule has 0 aliphatic carbocycles. The maximum absolute atomic E-state index is 11.5. The lowest BCUT2D eigenvalue weighted by atomic mass is 10.2. The number of fused-ring (bicyclic) bond motifs is 1. The predicted octanol–water partition coefficient (Wildman–Crippen LogP) is 1.18. The van der Waals surface area contributed by atoms with E-state index in [-0.39, 0.29) is 11.5 Å². The van der Waals surface area contributed by atoms with Crippen LogP contribution in [-0.2, 0) is 4.79 Å². The Hall–Kier alpha value is -1.82. The molecular weight excluding hydrogens is 238 g/mol. The minimum atomic E-state index is -0.222. The molecule has 1 amide bonds. The number of amides is 1. The Morgan fingerprint density at radius 3 is 3.06 bits per heavy atom. The van der Waals surface area contributed by atoms with Gasteiger partial charge in [0.25, 0.3) is 5.56 Å². The average Bonchev–Trinajstić information content (AvgIpc) is 2.30. The fraction of sp³-hybridized carbons (Fsp3) is 0.182. The van der Waals surface area contributed by atoms with Crippen molar-refractivity contribution in [3.8, 4) is 0 Å². The van der Waals surface area contributed by atoms with Crippen LogP contribution < -0.4 is 10.9 Å². The minimum Gasteiger partial charge on any atom is -0.326 e. The monoisotopic (exact) mass is 249 g/mol. The lowest BCUT2D eigenvalue weighted by molar-refractivity contribution is -0.115. The number of benzene rings is 1. The summed E-state index contributed by atoms with van der Waals surface area (Å²) in [6.45, 7) is 0. The van der Waals surface area contributed by atoms with Crippen molar-refractivity contribution in [2.45, 2.75) is 6.42 Å². The fourth-order valence-electron chi connectivity index (χ4n) is 1.47. The van der Waals surface area contributed by atoms with Crippen LogP contribution in [-0.4, -0.2) is 21.6 Å². The Kier molecular flexibility index (Phi) is 3.43. The average molecular weight is 249 g/mol. The molecule has 2 N–H and O–H groups in total. The number of carbonyl (C=O) groups is 1. The van der Waals surface area contributed by atoms with Crippen LogP contribution in [0.5, 0.6) is 0 Å². The molecule has 0 radical (unpaired) electrons. The first-order chi connectivity index (χ1) is 8.20. The molecule has 17 heavy (non-hydrogen) atoms. The molecule has 2 rings (SSSR count). The molecule has 0 atom stereocenters. The van der Waals surface area contributed by atoms with Gasteiger partial charge >= 0.3 is 0 Å². The van der Waals surface area contributed by atoms with Gasteiger partial charge in [-0.2, -0.15) is 12.6 Å². The molecular formula is C11H11N3O2S. The van der Waals surface area contributed by atoms with Crippen LogP contribution in [0, 0.1) is 0 Å². The van der Waals surface area contributed by atoms with Crippen LogP contribution in [0.1, 0.15) is 6.42 Å². The first kappa shape index (κ1) is 11.7. The highest BCUT2D eigenvalue weighted by atomic mass is 32.1. The number of nitrogens with zero attached hydrogens (tertiary/aromatic N) is 1. The molecule has 1 heterocycles. The van der Waals surface area contributed by atoms with Gasteiger partial charge in [0.05, 0.1) is 17.2 Å². The van der Waals surface area contributed by atoms with Crippen LogP contribution in [0.2, 0.25) is 0 Å². The van der Waals surface area contributed by atoms with Gasteiger partial charge in [-0.05, 0) is 24.0 Å². The third-order valence-electron chi connectivity index (χ3n) is 2.26. The van der Waals surface area contributed by atoms with E-state index < -0.39 is 0 Å². The van der Waals surface area contributed by atoms with Gasteiger partial charge < -0.3 is 10.3 Å². The second-order valence-corrected chi connectivity index (χ2v) is 3.93. The van der Waals surface area contributed by atoms with Crippen molar-refractivity contribution in [1.29, 1.82) is 0 Å². The number of aromatic amines is 1. The van der Waals surface area contributed by atoms with E-state index in [0.29, 0.717) is 28.8 Å². The molecule has 0 fully saturated rings. The molecule has 0 saturated heterocycles. The summed E-state index contributed by atoms with van der Waals surface area (Å²) in [4.78, 5) is 29.4. The second kappa shape index (κ2) is 5.01. The number of thiol groups is 1. The minimum absolute atomic E-state index is 0.125. The van der Waals surface area contributed by atoms with Crippen LogP contribution in [0.15, 0.2) is 29.3 Å². The van der Waals surface area contributed by atoms with Crippen molar-refractivity contribution in [2.75, 3.05) is 11.1 Å². The van der Waals surface area contributed by atoms with Crippen molar-refractivity contribution in [3.05, 3.63) is 34.9 Å². The summed E-state index contributed by atoms with van der Waals surface area (Å²) in [6, 6.07) is 5.02. The van der Waals surface area contributed by atoms with Gasteiger partial charge in [0.15, 0.2) is 0 Å². The van der Waals surface area contributed by atoms with Crippen molar-refractivity contribution < 1.29 is 4.79 Å². The maximum Gasteiger partial charge on any atom is 0.258 e. The van der Waals surface area contributed by atoms with E-state index in [0.717, 1.165) is 0 Å². The summed E-state index contributed by atoms with van der Waals surface area (Å²) in [5, 5.41) is 3.15. The van der Waals surface area contributed by atoms with Gasteiger partial charge in [-0.1, -0.05) is 0 Å². The van der Waals surface area contributed by atoms with E-state index in [1.807, 2.05) is 0 Å². The highest BCUT2D eigenvalue weighted by Crippen LogP contribution is 2.13. The van der Waals surface area contributed by atoms with Gasteiger partial charge in [0.2, 0.25) is 5.91 Å². The standard InChI is InChI=1S/C11H11N3O2S/c15-10(3-4-17)14-7-1-2-9-8(5-7)11(16)13-6-12-9/h1-2,5-6,17H,3-4H2,(H,14,15)(H,12,13,16). The predicted molar refractivity (Wildman–Crippen MR) is 69.5 cm³/mol. The number of rotatable bonds is 3. The molecule has 0 aliphatic rings. The first-order valence-corrected chi connectivity index (χ1v) is 5.72. The Balaban J connectivity index is 2.34. The molecule has 0 unspecified atom stereocenters. The van der Waals surface area contributed by atoms with E-state index in [2.05, 4.69) is 27.9 Å². The number of hydrogen-bond donors (Lipinski definition) is 3. The number of nitrogens with one attached hydrogen (secondary N) is 2. The molecule has 1 aromatic carbocycles. The quantitative estimate of drug-likeness (QED) is 0.715. The number of H-pyrrole nitrogens is 1. The van der Waals surface area contributed by atoms with Crippen LogP contribution in [0.25, 0.3) is 10.9 Å². The van der Waals surface area contributed by atoms with Crippen molar-refractivity contribution in [1.82, 2.24) is 9.97 Å². The van der Waals surface area contributed by atoms with Crippen molar-refractivity contribution in [3.63, 3.8) is 0 Å². The summed E-state index contributed by atoms with van der Waals surface area (Å²) in [5.74, 6) is 0.362. The summed E-state index contributed by atoms with van der Waals surface area (Å²) in [7, 11) is 0. The van der Waals surface area contributed by atoms with E-state index in [9.17, 15) is 9.59 Å². The fourth-order valence-corrected chi connectivity index (χ4v) is 1.67. The smallest absolute Gasteiger partial charge is 0.258 e. The third kappa shape index (κ3) is 2.65. The SMILES string of the molecule is O=C(CCS)Nc1ccc2nc[nH]c(=O)c2c1. The topological polar surface area (TPSA) is 74.8 Å². The van der Waals surface area contributed by atoms with Gasteiger partial charge in [-0.15, -0.1) is 0 Å². The third-order valence-corrected chi connectivity index (χ3v) is 2.49. The Morgan fingerprint density at radius 1 is 1.47 bits per heavy atom. The molecule has 0 bridgehead atoms. The van der Waals surface area contributed by atoms with Gasteiger partial charge in [0, 0.05) is 12.1 Å². The zero-order chi connectivity index (χ0) is 12.3. The highest BCUT2D eigenvalue weighted by Gasteiger charge is 2.04. The molecule has 0 spiro atoms. The van der Waals surface area contributed by atoms with Crippen LogP contribution >= 0.6 is 12.6 Å². The number of anilines is 1. The van der Waals surface area contributed by atoms with Crippen molar-refractivity contribution >= 4 is 35.1 Å². The molecule has 0 saturated carbocycles. The van der Waals surface area contributed by atoms with E-state index >= 15 is 0 Å². The van der Waals surface area contributed by atoms with E-state index in [1.54, 1.807) is 18.2 Å². The molecule has 88 valence electrons. The van der Waals surface area contributed by atoms with E-state index in [4.69, 9.17) is 0 Å². The van der Waals surface area contributed by atoms with Gasteiger partial charge in [-0.3, -0.25) is 9.59 Å². The zero-order valence-electron chi connectivity index (χ0n) is 8.93. The number of hydrogen-bond acceptors (Lipinski definition) is 4. The zero-order valence-corrected chi connectivity index (χ0v) is 9.83. The Morgan fingerprint density at radius 2 is 2.29 bits per heavy atom. The summed E-state index contributed by atoms with van der Waals surface area (Å²) in [5.41, 5.74) is 0.962. The van der Waals surface area contributed by atoms with Crippen molar-refractivity contribution in [2.24, 2.45) is 0 Å². The normalized spacial score (nSPS) is 10.4. The highest BCUT2D eigenvalue weighted by molar-refractivity contribution is 7.80. The lowest BCUT2D eigenvalue weighted by Gasteiger charge is -2.04. The van der Waals surface area contributed by atoms with Crippen LogP contribution in [0.4, 0.5) is 5.69 Å². The number of aromatic nitrogens is 2. The molecule has 1 aromatic heterocycles. The molecule has 5 nitrogen and oxygen atoms in total. The summed E-state index contributed by atoms with van der Waals surface area (Å²) >= 11 is 3.98.